The maximum Gasteiger partial charge on any atom is 0.0717 e. The molecule has 308 valence electrons. The zero-order chi connectivity index (χ0) is 38.2. The molecule has 2 aliphatic rings. The predicted octanol–water partition coefficient (Wildman–Crippen LogP) is 19.9. The van der Waals surface area contributed by atoms with Gasteiger partial charge in [0.25, 0.3) is 0 Å². The van der Waals surface area contributed by atoms with Crippen molar-refractivity contribution in [2.75, 3.05) is 11.5 Å². The monoisotopic (exact) mass is 848 g/mol. The smallest absolute Gasteiger partial charge is 0.0717 e. The first kappa shape index (κ1) is 48.9. The minimum absolute atomic E-state index is 1.18. The fraction of sp³-hybridized carbons (Fsp3) is 0.750. The third-order valence-electron chi connectivity index (χ3n) is 10.7. The summed E-state index contributed by atoms with van der Waals surface area (Å²) in [7, 11) is 0. The number of thioether (sulfide) groups is 6. The van der Waals surface area contributed by atoms with E-state index >= 15 is 0 Å². The summed E-state index contributed by atoms with van der Waals surface area (Å²) in [6.45, 7) is 6.98. The van der Waals surface area contributed by atoms with E-state index in [1.807, 2.05) is 0 Å². The van der Waals surface area contributed by atoms with Crippen molar-refractivity contribution in [2.24, 2.45) is 0 Å². The van der Waals surface area contributed by atoms with Gasteiger partial charge in [0.15, 0.2) is 0 Å². The number of aryl methyl sites for hydroxylation is 1. The molecule has 0 radical (unpaired) electrons. The van der Waals surface area contributed by atoms with Gasteiger partial charge in [-0.05, 0) is 65.9 Å². The second kappa shape index (κ2) is 34.4. The Kier molecular flexibility index (Phi) is 31.2. The summed E-state index contributed by atoms with van der Waals surface area (Å²) < 4.78 is 6.35. The van der Waals surface area contributed by atoms with Crippen LogP contribution in [0, 0.1) is 0 Å². The number of hydrogen-bond acceptors (Lipinski definition) is 6. The van der Waals surface area contributed by atoms with Crippen LogP contribution in [0.15, 0.2) is 57.1 Å². The second-order valence-corrected chi connectivity index (χ2v) is 23.4. The first-order valence-electron chi connectivity index (χ1n) is 22.9. The van der Waals surface area contributed by atoms with Crippen molar-refractivity contribution >= 4 is 70.6 Å². The quantitative estimate of drug-likeness (QED) is 0.0613. The van der Waals surface area contributed by atoms with Gasteiger partial charge in [-0.15, -0.1) is 23.5 Å². The minimum Gasteiger partial charge on any atom is -0.117 e. The van der Waals surface area contributed by atoms with E-state index in [4.69, 9.17) is 0 Å². The van der Waals surface area contributed by atoms with Crippen LogP contribution in [0.1, 0.15) is 219 Å². The summed E-state index contributed by atoms with van der Waals surface area (Å²) in [6, 6.07) is 11.0. The Morgan fingerprint density at radius 2 is 0.759 bits per heavy atom. The zero-order valence-corrected chi connectivity index (χ0v) is 40.1. The molecule has 1 aromatic carbocycles. The van der Waals surface area contributed by atoms with E-state index in [0.29, 0.717) is 0 Å². The fourth-order valence-corrected chi connectivity index (χ4v) is 16.3. The molecule has 0 saturated heterocycles. The van der Waals surface area contributed by atoms with Gasteiger partial charge in [0.05, 0.1) is 16.9 Å². The standard InChI is InChI=1S/C48H80S6/c1-4-6-8-10-12-14-16-18-20-22-24-26-28-33-40-49-45-46(50-41-34-29-27-25-23-21-19-17-15-13-11-9-7-5-2)54-48(53-45)47-51-42(3)44(52-47)39-35-38-43-36-31-30-32-37-43/h30-32,36-37H,4-29,33-35,38-41H2,1-3H3. The molecule has 0 aliphatic carbocycles. The van der Waals surface area contributed by atoms with Crippen molar-refractivity contribution in [3.63, 3.8) is 0 Å². The second-order valence-electron chi connectivity index (χ2n) is 15.8. The molecule has 2 aliphatic heterocycles. The van der Waals surface area contributed by atoms with Crippen molar-refractivity contribution in [2.45, 2.75) is 220 Å². The molecule has 0 amide bonds. The molecule has 2 heterocycles. The topological polar surface area (TPSA) is 0 Å². The number of rotatable bonds is 36. The van der Waals surface area contributed by atoms with Crippen LogP contribution in [0.25, 0.3) is 0 Å². The van der Waals surface area contributed by atoms with Gasteiger partial charge in [0, 0.05) is 0 Å². The predicted molar refractivity (Wildman–Crippen MR) is 262 cm³/mol. The van der Waals surface area contributed by atoms with E-state index in [0.717, 1.165) is 0 Å². The summed E-state index contributed by atoms with van der Waals surface area (Å²) in [4.78, 5) is 3.15. The number of hydrogen-bond donors (Lipinski definition) is 0. The number of unbranched alkanes of at least 4 members (excludes halogenated alkanes) is 26. The molecule has 6 heteroatoms. The summed E-state index contributed by atoms with van der Waals surface area (Å²) in [6.07, 6.45) is 43.9. The van der Waals surface area contributed by atoms with Gasteiger partial charge < -0.3 is 0 Å². The van der Waals surface area contributed by atoms with Crippen LogP contribution < -0.4 is 0 Å². The van der Waals surface area contributed by atoms with E-state index in [1.54, 1.807) is 21.9 Å². The first-order chi connectivity index (χ1) is 26.7. The van der Waals surface area contributed by atoms with Crippen molar-refractivity contribution in [3.05, 3.63) is 62.7 Å². The molecule has 0 atom stereocenters. The lowest BCUT2D eigenvalue weighted by molar-refractivity contribution is 0.538. The molecule has 0 unspecified atom stereocenters. The Morgan fingerprint density at radius 1 is 0.389 bits per heavy atom. The zero-order valence-electron chi connectivity index (χ0n) is 35.2. The van der Waals surface area contributed by atoms with Gasteiger partial charge in [-0.25, -0.2) is 0 Å². The summed E-state index contributed by atoms with van der Waals surface area (Å²) in [5.41, 5.74) is 1.47. The molecule has 3 rings (SSSR count). The Hall–Kier alpha value is 0.540. The third-order valence-corrected chi connectivity index (χ3v) is 19.7. The Balaban J connectivity index is 1.32. The highest BCUT2D eigenvalue weighted by molar-refractivity contribution is 8.42. The Morgan fingerprint density at radius 3 is 1.17 bits per heavy atom. The van der Waals surface area contributed by atoms with Crippen LogP contribution >= 0.6 is 70.6 Å². The van der Waals surface area contributed by atoms with Gasteiger partial charge in [-0.3, -0.25) is 0 Å². The van der Waals surface area contributed by atoms with Crippen LogP contribution in [-0.4, -0.2) is 11.5 Å². The maximum atomic E-state index is 2.36. The van der Waals surface area contributed by atoms with Crippen molar-refractivity contribution < 1.29 is 0 Å². The molecule has 0 bridgehead atoms. The highest BCUT2D eigenvalue weighted by Gasteiger charge is 2.29. The van der Waals surface area contributed by atoms with E-state index in [1.165, 1.54) is 221 Å². The summed E-state index contributed by atoms with van der Waals surface area (Å²) >= 11 is 12.7. The largest absolute Gasteiger partial charge is 0.117 e. The van der Waals surface area contributed by atoms with Gasteiger partial charge in [-0.2, -0.15) is 0 Å². The van der Waals surface area contributed by atoms with Gasteiger partial charge in [-0.1, -0.05) is 258 Å². The maximum absolute atomic E-state index is 2.36. The highest BCUT2D eigenvalue weighted by atomic mass is 32.3. The number of benzene rings is 1. The van der Waals surface area contributed by atoms with Gasteiger partial charge in [0.1, 0.15) is 0 Å². The lowest BCUT2D eigenvalue weighted by Gasteiger charge is -2.06. The molecule has 54 heavy (non-hydrogen) atoms. The average molecular weight is 850 g/mol. The first-order valence-corrected chi connectivity index (χ1v) is 28.1. The molecule has 0 spiro atoms. The van der Waals surface area contributed by atoms with Crippen LogP contribution in [0.5, 0.6) is 0 Å². The normalized spacial score (nSPS) is 14.8. The van der Waals surface area contributed by atoms with Crippen LogP contribution in [0.2, 0.25) is 0 Å². The summed E-state index contributed by atoms with van der Waals surface area (Å²) in [5, 5.41) is 0. The van der Waals surface area contributed by atoms with Crippen LogP contribution in [0.4, 0.5) is 0 Å². The van der Waals surface area contributed by atoms with Crippen molar-refractivity contribution in [3.8, 4) is 0 Å². The molecule has 0 saturated carbocycles. The Labute approximate surface area is 361 Å². The molecule has 0 N–H and O–H groups in total. The number of allylic oxidation sites excluding steroid dienone is 2. The van der Waals surface area contributed by atoms with E-state index in [2.05, 4.69) is 122 Å². The Bertz CT molecular complexity index is 1110. The van der Waals surface area contributed by atoms with E-state index in [9.17, 15) is 0 Å². The molecule has 0 nitrogen and oxygen atoms in total. The van der Waals surface area contributed by atoms with Crippen molar-refractivity contribution in [1.82, 2.24) is 0 Å². The highest BCUT2D eigenvalue weighted by Crippen LogP contribution is 2.64. The van der Waals surface area contributed by atoms with E-state index < -0.39 is 0 Å². The summed E-state index contributed by atoms with van der Waals surface area (Å²) in [5.74, 6) is 2.57. The SMILES string of the molecule is CCCCCCCCCCCCCCCCSC1=C(SCCCCCCCCCCCCCCCC)SC(=C2SC(C)=C(CCCc3ccccc3)S2)S1. The lowest BCUT2D eigenvalue weighted by Crippen LogP contribution is -1.86. The molecule has 1 aromatic rings. The molecule has 0 fully saturated rings. The van der Waals surface area contributed by atoms with Gasteiger partial charge in [0.2, 0.25) is 0 Å². The van der Waals surface area contributed by atoms with Gasteiger partial charge >= 0.3 is 0 Å². The molecule has 0 aromatic heterocycles. The molecular weight excluding hydrogens is 769 g/mol. The van der Waals surface area contributed by atoms with Crippen molar-refractivity contribution in [1.29, 1.82) is 0 Å². The fourth-order valence-electron chi connectivity index (χ4n) is 7.26. The minimum atomic E-state index is 1.18. The average Bonchev–Trinajstić information content (AvgIpc) is 3.77. The lowest BCUT2D eigenvalue weighted by atomic mass is 10.0. The molecular formula is C48H80S6. The van der Waals surface area contributed by atoms with E-state index in [-0.39, 0.29) is 0 Å². The third kappa shape index (κ3) is 23.8. The van der Waals surface area contributed by atoms with Crippen LogP contribution in [-0.2, 0) is 6.42 Å². The van der Waals surface area contributed by atoms with Crippen LogP contribution in [0.3, 0.4) is 0 Å².